The predicted octanol–water partition coefficient (Wildman–Crippen LogP) is 4.75. The number of pyridine rings is 2. The van der Waals surface area contributed by atoms with E-state index in [1.54, 1.807) is 6.20 Å². The molecule has 0 saturated carbocycles. The van der Waals surface area contributed by atoms with Crippen molar-refractivity contribution in [1.82, 2.24) is 24.8 Å². The summed E-state index contributed by atoms with van der Waals surface area (Å²) in [4.78, 5) is 11.2. The summed E-state index contributed by atoms with van der Waals surface area (Å²) in [6, 6.07) is 24.8. The lowest BCUT2D eigenvalue weighted by atomic mass is 10.0. The second-order valence-corrected chi connectivity index (χ2v) is 8.07. The first-order chi connectivity index (χ1) is 15.2. The largest absolute Gasteiger partial charge is 0.352 e. The van der Waals surface area contributed by atoms with E-state index in [-0.39, 0.29) is 12.1 Å². The Kier molecular flexibility index (Phi) is 5.22. The lowest BCUT2D eigenvalue weighted by Gasteiger charge is -2.29. The molecule has 6 heteroatoms. The van der Waals surface area contributed by atoms with Gasteiger partial charge in [-0.15, -0.1) is 0 Å². The van der Waals surface area contributed by atoms with Gasteiger partial charge in [-0.2, -0.15) is 0 Å². The van der Waals surface area contributed by atoms with E-state index in [9.17, 15) is 0 Å². The van der Waals surface area contributed by atoms with Gasteiger partial charge in [0, 0.05) is 42.2 Å². The first-order valence-corrected chi connectivity index (χ1v) is 10.7. The maximum Gasteiger partial charge on any atom is 0.170 e. The molecule has 1 fully saturated rings. The van der Waals surface area contributed by atoms with E-state index in [0.29, 0.717) is 6.54 Å². The Hall–Kier alpha value is -3.51. The summed E-state index contributed by atoms with van der Waals surface area (Å²) in [6.07, 6.45) is 5.53. The molecule has 0 radical (unpaired) electrons. The minimum Gasteiger partial charge on any atom is -0.352 e. The van der Waals surface area contributed by atoms with E-state index in [2.05, 4.69) is 80.2 Å². The molecule has 31 heavy (non-hydrogen) atoms. The van der Waals surface area contributed by atoms with Crippen LogP contribution in [0, 0.1) is 6.92 Å². The number of para-hydroxylation sites is 1. The molecular weight excluding hydrogens is 402 g/mol. The number of thiocarbonyl (C=S) groups is 1. The maximum atomic E-state index is 5.82. The fourth-order valence-electron chi connectivity index (χ4n) is 4.31. The van der Waals surface area contributed by atoms with Crippen molar-refractivity contribution in [3.8, 4) is 5.69 Å². The highest BCUT2D eigenvalue weighted by Gasteiger charge is 2.41. The molecule has 154 valence electrons. The molecule has 1 aliphatic rings. The van der Waals surface area contributed by atoms with Crippen LogP contribution in [0.1, 0.15) is 34.7 Å². The average molecular weight is 426 g/mol. The van der Waals surface area contributed by atoms with Crippen molar-refractivity contribution < 1.29 is 0 Å². The number of nitrogens with zero attached hydrogens (tertiary/aromatic N) is 4. The summed E-state index contributed by atoms with van der Waals surface area (Å²) in [6.45, 7) is 2.81. The van der Waals surface area contributed by atoms with Crippen LogP contribution in [0.5, 0.6) is 0 Å². The van der Waals surface area contributed by atoms with Crippen LogP contribution in [0.15, 0.2) is 91.4 Å². The molecule has 1 aliphatic heterocycles. The van der Waals surface area contributed by atoms with E-state index in [0.717, 1.165) is 22.1 Å². The Labute approximate surface area is 187 Å². The van der Waals surface area contributed by atoms with Gasteiger partial charge in [-0.1, -0.05) is 30.3 Å². The second-order valence-electron chi connectivity index (χ2n) is 7.69. The molecule has 0 bridgehead atoms. The van der Waals surface area contributed by atoms with Crippen LogP contribution < -0.4 is 5.32 Å². The van der Waals surface area contributed by atoms with Gasteiger partial charge < -0.3 is 14.8 Å². The topological polar surface area (TPSA) is 46.0 Å². The molecule has 0 unspecified atom stereocenters. The summed E-state index contributed by atoms with van der Waals surface area (Å²) >= 11 is 5.82. The fraction of sp³-hybridized carbons (Fsp3) is 0.160. The second kappa shape index (κ2) is 8.32. The smallest absolute Gasteiger partial charge is 0.170 e. The monoisotopic (exact) mass is 425 g/mol. The van der Waals surface area contributed by atoms with Gasteiger partial charge in [0.25, 0.3) is 0 Å². The number of nitrogens with one attached hydrogen (secondary N) is 1. The highest BCUT2D eigenvalue weighted by atomic mass is 32.1. The van der Waals surface area contributed by atoms with Gasteiger partial charge in [0.1, 0.15) is 0 Å². The minimum atomic E-state index is -0.0536. The number of hydrogen-bond acceptors (Lipinski definition) is 3. The summed E-state index contributed by atoms with van der Waals surface area (Å²) in [5.74, 6) is 0. The lowest BCUT2D eigenvalue weighted by Crippen LogP contribution is -2.30. The van der Waals surface area contributed by atoms with Crippen LogP contribution >= 0.6 is 12.2 Å². The first-order valence-electron chi connectivity index (χ1n) is 10.3. The number of hydrogen-bond donors (Lipinski definition) is 1. The summed E-state index contributed by atoms with van der Waals surface area (Å²) in [5, 5.41) is 4.26. The van der Waals surface area contributed by atoms with E-state index in [4.69, 9.17) is 12.2 Å². The van der Waals surface area contributed by atoms with Crippen molar-refractivity contribution in [3.63, 3.8) is 0 Å². The SMILES string of the molecule is Cc1ccc([C@@H]2[C@H](c3ccccn3)NC(=S)N2Cc2cccnc2)n1-c1ccccc1. The molecular formula is C25H23N5S. The van der Waals surface area contributed by atoms with E-state index >= 15 is 0 Å². The zero-order valence-corrected chi connectivity index (χ0v) is 18.0. The number of aromatic nitrogens is 3. The molecule has 5 rings (SSSR count). The third kappa shape index (κ3) is 3.70. The van der Waals surface area contributed by atoms with Gasteiger partial charge in [0.2, 0.25) is 0 Å². The van der Waals surface area contributed by atoms with Crippen LogP contribution in [0.4, 0.5) is 0 Å². The van der Waals surface area contributed by atoms with Crippen molar-refractivity contribution >= 4 is 17.3 Å². The molecule has 5 nitrogen and oxygen atoms in total. The van der Waals surface area contributed by atoms with Gasteiger partial charge in [-0.3, -0.25) is 9.97 Å². The Balaban J connectivity index is 1.63. The van der Waals surface area contributed by atoms with Crippen LogP contribution in [-0.4, -0.2) is 24.5 Å². The third-order valence-corrected chi connectivity index (χ3v) is 6.05. The van der Waals surface area contributed by atoms with Gasteiger partial charge in [-0.05, 0) is 67.2 Å². The van der Waals surface area contributed by atoms with E-state index in [1.165, 1.54) is 11.4 Å². The molecule has 0 aliphatic carbocycles. The molecule has 0 spiro atoms. The minimum absolute atomic E-state index is 0.0171. The van der Waals surface area contributed by atoms with Crippen LogP contribution in [0.3, 0.4) is 0 Å². The number of rotatable bonds is 5. The van der Waals surface area contributed by atoms with Gasteiger partial charge in [0.05, 0.1) is 17.8 Å². The molecule has 2 atom stereocenters. The normalized spacial score (nSPS) is 18.2. The standard InChI is InChI=1S/C25H23N5S/c1-18-12-13-22(30(18)20-9-3-2-4-10-20)24-23(21-11-5-6-15-27-21)28-25(31)29(24)17-19-8-7-14-26-16-19/h2-16,23-24H,17H2,1H3,(H,28,31)/t23-,24+/m0/s1. The summed E-state index contributed by atoms with van der Waals surface area (Å²) in [7, 11) is 0. The predicted molar refractivity (Wildman–Crippen MR) is 126 cm³/mol. The molecule has 3 aromatic heterocycles. The number of benzene rings is 1. The van der Waals surface area contributed by atoms with Gasteiger partial charge >= 0.3 is 0 Å². The van der Waals surface area contributed by atoms with Crippen LogP contribution in [0.2, 0.25) is 0 Å². The number of aryl methyl sites for hydroxylation is 1. The zero-order chi connectivity index (χ0) is 21.2. The van der Waals surface area contributed by atoms with E-state index in [1.807, 2.05) is 36.7 Å². The van der Waals surface area contributed by atoms with Gasteiger partial charge in [0.15, 0.2) is 5.11 Å². The zero-order valence-electron chi connectivity index (χ0n) is 17.2. The van der Waals surface area contributed by atoms with Crippen molar-refractivity contribution in [2.45, 2.75) is 25.6 Å². The first kappa shape index (κ1) is 19.5. The van der Waals surface area contributed by atoms with Crippen molar-refractivity contribution in [1.29, 1.82) is 0 Å². The highest BCUT2D eigenvalue weighted by molar-refractivity contribution is 7.80. The fourth-order valence-corrected chi connectivity index (χ4v) is 4.61. The Bertz CT molecular complexity index is 1170. The quantitative estimate of drug-likeness (QED) is 0.468. The Morgan fingerprint density at radius 2 is 1.77 bits per heavy atom. The average Bonchev–Trinajstić information content (AvgIpc) is 3.35. The van der Waals surface area contributed by atoms with Gasteiger partial charge in [-0.25, -0.2) is 0 Å². The molecule has 0 amide bonds. The van der Waals surface area contributed by atoms with Crippen LogP contribution in [-0.2, 0) is 6.54 Å². The lowest BCUT2D eigenvalue weighted by molar-refractivity contribution is 0.301. The van der Waals surface area contributed by atoms with Crippen molar-refractivity contribution in [2.75, 3.05) is 0 Å². The Morgan fingerprint density at radius 3 is 2.52 bits per heavy atom. The maximum absolute atomic E-state index is 5.82. The molecule has 1 saturated heterocycles. The summed E-state index contributed by atoms with van der Waals surface area (Å²) in [5.41, 5.74) is 5.59. The Morgan fingerprint density at radius 1 is 0.935 bits per heavy atom. The third-order valence-electron chi connectivity index (χ3n) is 5.70. The molecule has 1 aromatic carbocycles. The molecule has 1 N–H and O–H groups in total. The van der Waals surface area contributed by atoms with E-state index < -0.39 is 0 Å². The molecule has 4 heterocycles. The summed E-state index contributed by atoms with van der Waals surface area (Å²) < 4.78 is 2.31. The highest BCUT2D eigenvalue weighted by Crippen LogP contribution is 2.40. The van der Waals surface area contributed by atoms with Crippen LogP contribution in [0.25, 0.3) is 5.69 Å². The molecule has 4 aromatic rings. The van der Waals surface area contributed by atoms with Crippen molar-refractivity contribution in [2.24, 2.45) is 0 Å². The van der Waals surface area contributed by atoms with Crippen molar-refractivity contribution in [3.05, 3.63) is 114 Å².